The molecule has 1 N–H and O–H groups in total. The van der Waals surface area contributed by atoms with Gasteiger partial charge in [-0.25, -0.2) is 0 Å². The molecule has 0 bridgehead atoms. The minimum Gasteiger partial charge on any atom is -0.508 e. The SMILES string of the molecule is CC(CC(CC(C)(C)C(=O)OC1CCC2CCCC2C1)c1ccc(O)cc1)c1ccc(C2CCCCC2)cc1. The van der Waals surface area contributed by atoms with Crippen LogP contribution in [-0.4, -0.2) is 17.2 Å². The summed E-state index contributed by atoms with van der Waals surface area (Å²) in [7, 11) is 0. The molecule has 0 radical (unpaired) electrons. The lowest BCUT2D eigenvalue weighted by Gasteiger charge is -2.35. The van der Waals surface area contributed by atoms with E-state index in [4.69, 9.17) is 4.74 Å². The number of ether oxygens (including phenoxy) is 1. The summed E-state index contributed by atoms with van der Waals surface area (Å²) >= 11 is 0. The summed E-state index contributed by atoms with van der Waals surface area (Å²) in [6, 6.07) is 17.0. The van der Waals surface area contributed by atoms with Crippen LogP contribution in [0.2, 0.25) is 0 Å². The van der Waals surface area contributed by atoms with Gasteiger partial charge in [-0.2, -0.15) is 0 Å². The molecule has 0 aromatic heterocycles. The highest BCUT2D eigenvalue weighted by molar-refractivity contribution is 5.76. The molecule has 3 aliphatic rings. The van der Waals surface area contributed by atoms with E-state index >= 15 is 0 Å². The monoisotopic (exact) mass is 530 g/mol. The number of hydrogen-bond donors (Lipinski definition) is 1. The maximum absolute atomic E-state index is 13.5. The van der Waals surface area contributed by atoms with Crippen molar-refractivity contribution in [3.8, 4) is 5.75 Å². The Morgan fingerprint density at radius 1 is 0.846 bits per heavy atom. The Bertz CT molecular complexity index is 1060. The zero-order valence-corrected chi connectivity index (χ0v) is 24.5. The van der Waals surface area contributed by atoms with Crippen LogP contribution in [-0.2, 0) is 9.53 Å². The normalized spacial score (nSPS) is 25.6. The Hall–Kier alpha value is -2.29. The van der Waals surface area contributed by atoms with Gasteiger partial charge in [0.15, 0.2) is 0 Å². The van der Waals surface area contributed by atoms with Gasteiger partial charge in [-0.05, 0) is 117 Å². The summed E-state index contributed by atoms with van der Waals surface area (Å²) in [4.78, 5) is 13.5. The smallest absolute Gasteiger partial charge is 0.311 e. The minimum atomic E-state index is -0.570. The predicted molar refractivity (Wildman–Crippen MR) is 159 cm³/mol. The molecule has 2 aromatic rings. The van der Waals surface area contributed by atoms with Crippen molar-refractivity contribution in [1.82, 2.24) is 0 Å². The topological polar surface area (TPSA) is 46.5 Å². The van der Waals surface area contributed by atoms with Gasteiger partial charge >= 0.3 is 5.97 Å². The van der Waals surface area contributed by atoms with E-state index in [0.717, 1.165) is 43.4 Å². The van der Waals surface area contributed by atoms with Crippen LogP contribution in [0.25, 0.3) is 0 Å². The molecule has 3 nitrogen and oxygen atoms in total. The van der Waals surface area contributed by atoms with Crippen LogP contribution in [0.1, 0.15) is 139 Å². The Kier molecular flexibility index (Phi) is 9.04. The third kappa shape index (κ3) is 7.08. The summed E-state index contributed by atoms with van der Waals surface area (Å²) < 4.78 is 6.20. The number of benzene rings is 2. The van der Waals surface area contributed by atoms with Crippen LogP contribution in [0.3, 0.4) is 0 Å². The molecule has 0 amide bonds. The van der Waals surface area contributed by atoms with Gasteiger partial charge in [0.25, 0.3) is 0 Å². The molecule has 39 heavy (non-hydrogen) atoms. The molecule has 5 atom stereocenters. The minimum absolute atomic E-state index is 0.0442. The lowest BCUT2D eigenvalue weighted by molar-refractivity contribution is -0.163. The third-order valence-corrected chi connectivity index (χ3v) is 10.4. The lowest BCUT2D eigenvalue weighted by Crippen LogP contribution is -2.35. The second-order valence-corrected chi connectivity index (χ2v) is 13.8. The van der Waals surface area contributed by atoms with E-state index in [1.165, 1.54) is 74.5 Å². The molecule has 5 unspecified atom stereocenters. The number of esters is 1. The number of fused-ring (bicyclic) bond motifs is 1. The molecule has 3 saturated carbocycles. The molecule has 5 rings (SSSR count). The molecule has 3 aliphatic carbocycles. The van der Waals surface area contributed by atoms with Crippen LogP contribution in [0.15, 0.2) is 48.5 Å². The van der Waals surface area contributed by atoms with Gasteiger partial charge in [0, 0.05) is 0 Å². The van der Waals surface area contributed by atoms with Crippen molar-refractivity contribution in [3.05, 3.63) is 65.2 Å². The lowest BCUT2D eigenvalue weighted by atomic mass is 9.75. The largest absolute Gasteiger partial charge is 0.508 e. The average molecular weight is 531 g/mol. The highest BCUT2D eigenvalue weighted by atomic mass is 16.5. The quantitative estimate of drug-likeness (QED) is 0.328. The fourth-order valence-corrected chi connectivity index (χ4v) is 7.96. The number of phenols is 1. The summed E-state index contributed by atoms with van der Waals surface area (Å²) in [5, 5.41) is 9.93. The molecular formula is C36H50O3. The van der Waals surface area contributed by atoms with Crippen LogP contribution in [0.4, 0.5) is 0 Å². The van der Waals surface area contributed by atoms with Gasteiger partial charge in [-0.15, -0.1) is 0 Å². The first-order chi connectivity index (χ1) is 18.8. The van der Waals surface area contributed by atoms with Crippen molar-refractivity contribution in [2.75, 3.05) is 0 Å². The van der Waals surface area contributed by atoms with E-state index in [1.54, 1.807) is 12.1 Å². The van der Waals surface area contributed by atoms with Crippen LogP contribution >= 0.6 is 0 Å². The first-order valence-electron chi connectivity index (χ1n) is 15.9. The highest BCUT2D eigenvalue weighted by Gasteiger charge is 2.39. The number of aromatic hydroxyl groups is 1. The second-order valence-electron chi connectivity index (χ2n) is 13.8. The van der Waals surface area contributed by atoms with Crippen molar-refractivity contribution in [3.63, 3.8) is 0 Å². The molecule has 0 spiro atoms. The summed E-state index contributed by atoms with van der Waals surface area (Å²) in [5.74, 6) is 3.16. The van der Waals surface area contributed by atoms with Crippen molar-refractivity contribution in [2.45, 2.75) is 128 Å². The second kappa shape index (κ2) is 12.5. The Morgan fingerprint density at radius 3 is 2.23 bits per heavy atom. The number of carbonyl (C=O) groups is 1. The Labute approximate surface area is 236 Å². The van der Waals surface area contributed by atoms with Gasteiger partial charge in [0.2, 0.25) is 0 Å². The number of rotatable bonds is 9. The van der Waals surface area contributed by atoms with E-state index in [-0.39, 0.29) is 23.7 Å². The van der Waals surface area contributed by atoms with E-state index < -0.39 is 5.41 Å². The van der Waals surface area contributed by atoms with Gasteiger partial charge in [-0.1, -0.05) is 81.8 Å². The molecule has 0 saturated heterocycles. The standard InChI is InChI=1S/C36H50O3/c1-25(26-12-14-29(15-13-26)27-8-5-4-6-9-27)22-32(30-16-19-33(37)20-17-30)24-36(2,3)35(38)39-34-21-18-28-10-7-11-31(28)23-34/h12-17,19-20,25,27-28,31-32,34,37H,4-11,18,21-24H2,1-3H3. The van der Waals surface area contributed by atoms with E-state index in [9.17, 15) is 9.90 Å². The highest BCUT2D eigenvalue weighted by Crippen LogP contribution is 2.44. The molecule has 2 aromatic carbocycles. The number of carbonyl (C=O) groups excluding carboxylic acids is 1. The average Bonchev–Trinajstić information content (AvgIpc) is 3.41. The maximum atomic E-state index is 13.5. The molecular weight excluding hydrogens is 480 g/mol. The van der Waals surface area contributed by atoms with Crippen LogP contribution < -0.4 is 0 Å². The summed E-state index contributed by atoms with van der Waals surface area (Å²) in [6.45, 7) is 6.44. The molecule has 3 fully saturated rings. The van der Waals surface area contributed by atoms with Crippen molar-refractivity contribution in [1.29, 1.82) is 0 Å². The Morgan fingerprint density at radius 2 is 1.51 bits per heavy atom. The number of phenolic OH excluding ortho intramolecular Hbond substituents is 1. The molecule has 0 aliphatic heterocycles. The van der Waals surface area contributed by atoms with Gasteiger partial charge in [0.1, 0.15) is 11.9 Å². The van der Waals surface area contributed by atoms with Crippen LogP contribution in [0.5, 0.6) is 5.75 Å². The van der Waals surface area contributed by atoms with E-state index in [2.05, 4.69) is 45.0 Å². The molecule has 0 heterocycles. The fraction of sp³-hybridized carbons (Fsp3) is 0.639. The molecule has 3 heteroatoms. The predicted octanol–water partition coefficient (Wildman–Crippen LogP) is 9.65. The zero-order valence-electron chi connectivity index (χ0n) is 24.5. The molecule has 212 valence electrons. The summed E-state index contributed by atoms with van der Waals surface area (Å²) in [6.07, 6.45) is 15.9. The van der Waals surface area contributed by atoms with Crippen molar-refractivity contribution in [2.24, 2.45) is 17.3 Å². The summed E-state index contributed by atoms with van der Waals surface area (Å²) in [5.41, 5.74) is 3.48. The van der Waals surface area contributed by atoms with Crippen molar-refractivity contribution >= 4 is 5.97 Å². The number of hydrogen-bond acceptors (Lipinski definition) is 3. The first kappa shape index (κ1) is 28.2. The fourth-order valence-electron chi connectivity index (χ4n) is 7.96. The van der Waals surface area contributed by atoms with Gasteiger partial charge in [-0.3, -0.25) is 4.79 Å². The van der Waals surface area contributed by atoms with E-state index in [0.29, 0.717) is 5.92 Å². The van der Waals surface area contributed by atoms with E-state index in [1.807, 2.05) is 12.1 Å². The zero-order chi connectivity index (χ0) is 27.4. The van der Waals surface area contributed by atoms with Crippen molar-refractivity contribution < 1.29 is 14.6 Å². The Balaban J connectivity index is 1.26. The van der Waals surface area contributed by atoms with Gasteiger partial charge in [0.05, 0.1) is 5.41 Å². The maximum Gasteiger partial charge on any atom is 0.311 e. The third-order valence-electron chi connectivity index (χ3n) is 10.4. The van der Waals surface area contributed by atoms with Crippen LogP contribution in [0, 0.1) is 17.3 Å². The first-order valence-corrected chi connectivity index (χ1v) is 15.9. The van der Waals surface area contributed by atoms with Gasteiger partial charge < -0.3 is 9.84 Å².